The molecule has 1 nitrogen and oxygen atoms in total. The lowest BCUT2D eigenvalue weighted by molar-refractivity contribution is -0.206. The first-order valence-corrected chi connectivity index (χ1v) is 4.98. The molecule has 1 aromatic rings. The second kappa shape index (κ2) is 5.01. The van der Waals surface area contributed by atoms with Gasteiger partial charge in [-0.1, -0.05) is 23.9 Å². The summed E-state index contributed by atoms with van der Waals surface area (Å²) in [5, 5.41) is 8.85. The topological polar surface area (TPSA) is 20.2 Å². The number of aliphatic hydroxyl groups is 1. The highest BCUT2D eigenvalue weighted by Crippen LogP contribution is 2.33. The minimum Gasteiger partial charge on any atom is -0.379 e. The van der Waals surface area contributed by atoms with Crippen LogP contribution in [0.3, 0.4) is 0 Å². The lowest BCUT2D eigenvalue weighted by Crippen LogP contribution is -2.19. The van der Waals surface area contributed by atoms with Crippen molar-refractivity contribution in [2.75, 3.05) is 0 Å². The first-order valence-electron chi connectivity index (χ1n) is 4.10. The molecule has 0 bridgehead atoms. The molecular formula is C9H7F5OS. The Bertz CT molecular complexity index is 335. The number of benzene rings is 1. The molecule has 0 aliphatic rings. The molecule has 90 valence electrons. The van der Waals surface area contributed by atoms with Crippen LogP contribution in [0.15, 0.2) is 29.2 Å². The molecule has 0 aromatic heterocycles. The van der Waals surface area contributed by atoms with Gasteiger partial charge in [-0.3, -0.25) is 0 Å². The van der Waals surface area contributed by atoms with Crippen LogP contribution in [0.4, 0.5) is 22.0 Å². The zero-order valence-electron chi connectivity index (χ0n) is 7.71. The van der Waals surface area contributed by atoms with Gasteiger partial charge in [-0.2, -0.15) is 22.0 Å². The Morgan fingerprint density at radius 3 is 1.94 bits per heavy atom. The third kappa shape index (κ3) is 3.64. The Balaban J connectivity index is 2.79. The van der Waals surface area contributed by atoms with Gasteiger partial charge in [-0.05, 0) is 17.7 Å². The molecule has 0 spiro atoms. The maximum Gasteiger partial charge on any atom is 0.418 e. The Kier molecular flexibility index (Phi) is 4.15. The van der Waals surface area contributed by atoms with Crippen LogP contribution in [0.2, 0.25) is 0 Å². The Morgan fingerprint density at radius 1 is 1.06 bits per heavy atom. The highest BCUT2D eigenvalue weighted by molar-refractivity contribution is 7.99. The highest BCUT2D eigenvalue weighted by atomic mass is 32.2. The van der Waals surface area contributed by atoms with E-state index in [2.05, 4.69) is 0 Å². The minimum absolute atomic E-state index is 0.146. The molecule has 7 heteroatoms. The van der Waals surface area contributed by atoms with Gasteiger partial charge in [0.25, 0.3) is 5.76 Å². The predicted molar refractivity (Wildman–Crippen MR) is 49.3 cm³/mol. The van der Waals surface area contributed by atoms with Gasteiger partial charge in [0, 0.05) is 4.90 Å². The third-order valence-corrected chi connectivity index (χ3v) is 2.45. The average molecular weight is 258 g/mol. The van der Waals surface area contributed by atoms with E-state index in [1.165, 1.54) is 0 Å². The van der Waals surface area contributed by atoms with Crippen LogP contribution in [0.5, 0.6) is 0 Å². The fourth-order valence-corrected chi connectivity index (χ4v) is 1.52. The van der Waals surface area contributed by atoms with Crippen molar-refractivity contribution in [3.8, 4) is 0 Å². The minimum atomic E-state index is -4.75. The number of hydrogen-bond acceptors (Lipinski definition) is 2. The largest absolute Gasteiger partial charge is 0.418 e. The first kappa shape index (κ1) is 13.2. The second-order valence-corrected chi connectivity index (χ2v) is 3.96. The predicted octanol–water partition coefficient (Wildman–Crippen LogP) is 3.60. The molecule has 0 saturated heterocycles. The van der Waals surface area contributed by atoms with E-state index in [9.17, 15) is 22.0 Å². The van der Waals surface area contributed by atoms with Crippen molar-refractivity contribution < 1.29 is 27.1 Å². The molecule has 1 N–H and O–H groups in total. The van der Waals surface area contributed by atoms with Crippen molar-refractivity contribution >= 4 is 11.8 Å². The lowest BCUT2D eigenvalue weighted by Gasteiger charge is -2.14. The first-order chi connectivity index (χ1) is 7.30. The summed E-state index contributed by atoms with van der Waals surface area (Å²) in [5.74, 6) is -2.63. The molecule has 0 heterocycles. The molecular weight excluding hydrogens is 251 g/mol. The molecule has 1 rings (SSSR count). The normalized spacial score (nSPS) is 14.2. The fourth-order valence-electron chi connectivity index (χ4n) is 1.02. The average Bonchev–Trinajstić information content (AvgIpc) is 2.15. The molecule has 16 heavy (non-hydrogen) atoms. The van der Waals surface area contributed by atoms with Crippen molar-refractivity contribution in [3.63, 3.8) is 0 Å². The van der Waals surface area contributed by atoms with E-state index in [1.807, 2.05) is 0 Å². The zero-order chi connectivity index (χ0) is 12.3. The molecule has 1 atom stereocenters. The Hall–Kier alpha value is -0.820. The van der Waals surface area contributed by atoms with E-state index in [-0.39, 0.29) is 22.2 Å². The van der Waals surface area contributed by atoms with Crippen LogP contribution in [0.1, 0.15) is 11.7 Å². The number of hydrogen-bond donors (Lipinski definition) is 1. The van der Waals surface area contributed by atoms with Crippen molar-refractivity contribution in [2.45, 2.75) is 22.9 Å². The van der Waals surface area contributed by atoms with Crippen molar-refractivity contribution in [2.24, 2.45) is 0 Å². The van der Waals surface area contributed by atoms with Crippen molar-refractivity contribution in [1.29, 1.82) is 0 Å². The lowest BCUT2D eigenvalue weighted by atomic mass is 10.1. The maximum atomic E-state index is 12.1. The summed E-state index contributed by atoms with van der Waals surface area (Å²) >= 11 is 0.230. The summed E-state index contributed by atoms with van der Waals surface area (Å²) in [6, 6.07) is 4.17. The van der Waals surface area contributed by atoms with E-state index in [4.69, 9.17) is 5.11 Å². The quantitative estimate of drug-likeness (QED) is 0.660. The van der Waals surface area contributed by atoms with Crippen LogP contribution >= 0.6 is 11.8 Å². The fraction of sp³-hybridized carbons (Fsp3) is 0.333. The van der Waals surface area contributed by atoms with Crippen LogP contribution in [0, 0.1) is 0 Å². The standard InChI is InChI=1S/C9H7F5OS/c10-8(11)16-6-3-1-5(2-4-6)7(15)9(12,13)14/h1-4,7-8,15H/t7-/m1/s1. The molecule has 0 unspecified atom stereocenters. The summed E-state index contributed by atoms with van der Waals surface area (Å²) in [6.07, 6.45) is -7.34. The summed E-state index contributed by atoms with van der Waals surface area (Å²) in [4.78, 5) is 0.146. The van der Waals surface area contributed by atoms with E-state index < -0.39 is 18.0 Å². The van der Waals surface area contributed by atoms with Crippen LogP contribution in [-0.2, 0) is 0 Å². The summed E-state index contributed by atoms with van der Waals surface area (Å²) in [6.45, 7) is 0. The van der Waals surface area contributed by atoms with Gasteiger partial charge >= 0.3 is 6.18 Å². The summed E-state index contributed by atoms with van der Waals surface area (Å²) in [5.41, 5.74) is -0.369. The number of thioether (sulfide) groups is 1. The van der Waals surface area contributed by atoms with Crippen LogP contribution in [0.25, 0.3) is 0 Å². The SMILES string of the molecule is O[C@H](c1ccc(SC(F)F)cc1)C(F)(F)F. The number of alkyl halides is 5. The summed E-state index contributed by atoms with van der Waals surface area (Å²) < 4.78 is 60.0. The third-order valence-electron chi connectivity index (χ3n) is 1.73. The van der Waals surface area contributed by atoms with Gasteiger partial charge in [0.05, 0.1) is 0 Å². The number of aliphatic hydroxyl groups excluding tert-OH is 1. The van der Waals surface area contributed by atoms with Gasteiger partial charge in [0.15, 0.2) is 6.10 Å². The number of halogens is 5. The molecule has 0 saturated carbocycles. The Labute approximate surface area is 92.3 Å². The van der Waals surface area contributed by atoms with Gasteiger partial charge in [0.1, 0.15) is 0 Å². The second-order valence-electron chi connectivity index (χ2n) is 2.89. The van der Waals surface area contributed by atoms with Crippen LogP contribution in [-0.4, -0.2) is 17.0 Å². The molecule has 0 radical (unpaired) electrons. The molecule has 0 fully saturated rings. The van der Waals surface area contributed by atoms with E-state index in [0.29, 0.717) is 0 Å². The van der Waals surface area contributed by atoms with E-state index in [0.717, 1.165) is 24.3 Å². The molecule has 0 amide bonds. The van der Waals surface area contributed by atoms with Gasteiger partial charge < -0.3 is 5.11 Å². The molecule has 1 aromatic carbocycles. The molecule has 0 aliphatic carbocycles. The summed E-state index contributed by atoms with van der Waals surface area (Å²) in [7, 11) is 0. The number of rotatable bonds is 3. The van der Waals surface area contributed by atoms with Gasteiger partial charge in [-0.15, -0.1) is 0 Å². The van der Waals surface area contributed by atoms with E-state index in [1.54, 1.807) is 0 Å². The van der Waals surface area contributed by atoms with Crippen molar-refractivity contribution in [1.82, 2.24) is 0 Å². The zero-order valence-corrected chi connectivity index (χ0v) is 8.53. The van der Waals surface area contributed by atoms with Crippen LogP contribution < -0.4 is 0 Å². The Morgan fingerprint density at radius 2 is 1.56 bits per heavy atom. The smallest absolute Gasteiger partial charge is 0.379 e. The monoisotopic (exact) mass is 258 g/mol. The van der Waals surface area contributed by atoms with E-state index >= 15 is 0 Å². The molecule has 0 aliphatic heterocycles. The highest BCUT2D eigenvalue weighted by Gasteiger charge is 2.39. The van der Waals surface area contributed by atoms with Crippen molar-refractivity contribution in [3.05, 3.63) is 29.8 Å². The maximum absolute atomic E-state index is 12.1. The van der Waals surface area contributed by atoms with Gasteiger partial charge in [-0.25, -0.2) is 0 Å². The van der Waals surface area contributed by atoms with Gasteiger partial charge in [0.2, 0.25) is 0 Å².